The molecule has 1 nitrogen and oxygen atoms in total. The van der Waals surface area contributed by atoms with Crippen LogP contribution in [0, 0.1) is 5.41 Å². The third-order valence-corrected chi connectivity index (χ3v) is 5.70. The second-order valence-corrected chi connectivity index (χ2v) is 7.01. The Kier molecular flexibility index (Phi) is 6.19. The van der Waals surface area contributed by atoms with E-state index in [9.17, 15) is 0 Å². The molecule has 0 N–H and O–H groups in total. The van der Waals surface area contributed by atoms with Crippen molar-refractivity contribution < 1.29 is 4.74 Å². The molecule has 0 saturated heterocycles. The maximum atomic E-state index is 5.67. The number of hydrogen-bond acceptors (Lipinski definition) is 1. The first-order valence-corrected chi connectivity index (χ1v) is 8.19. The highest BCUT2D eigenvalue weighted by molar-refractivity contribution is 9.10. The molecule has 1 aromatic rings. The average molecular weight is 378 g/mol. The molecule has 0 saturated carbocycles. The summed E-state index contributed by atoms with van der Waals surface area (Å²) in [5, 5.41) is 0. The van der Waals surface area contributed by atoms with Gasteiger partial charge in [-0.2, -0.15) is 0 Å². The molecule has 0 bridgehead atoms. The van der Waals surface area contributed by atoms with E-state index in [2.05, 4.69) is 77.8 Å². The van der Waals surface area contributed by atoms with Gasteiger partial charge in [0.05, 0.1) is 11.1 Å². The Labute approximate surface area is 128 Å². The molecule has 0 aromatic heterocycles. The van der Waals surface area contributed by atoms with Crippen LogP contribution in [0.5, 0.6) is 5.75 Å². The third-order valence-electron chi connectivity index (χ3n) is 3.31. The molecule has 0 aliphatic carbocycles. The van der Waals surface area contributed by atoms with Crippen LogP contribution in [0.15, 0.2) is 22.7 Å². The fraction of sp³-hybridized carbons (Fsp3) is 0.600. The zero-order valence-corrected chi connectivity index (χ0v) is 14.8. The van der Waals surface area contributed by atoms with E-state index in [1.807, 2.05) is 0 Å². The van der Waals surface area contributed by atoms with Crippen LogP contribution in [0.4, 0.5) is 0 Å². The van der Waals surface area contributed by atoms with Crippen LogP contribution in [-0.4, -0.2) is 6.61 Å². The van der Waals surface area contributed by atoms with Crippen molar-refractivity contribution in [1.29, 1.82) is 0 Å². The quantitative estimate of drug-likeness (QED) is 0.543. The Morgan fingerprint density at radius 3 is 2.44 bits per heavy atom. The number of hydrogen-bond donors (Lipinski definition) is 0. The highest BCUT2D eigenvalue weighted by atomic mass is 79.9. The number of benzene rings is 1. The van der Waals surface area contributed by atoms with Gasteiger partial charge in [-0.1, -0.05) is 49.7 Å². The fourth-order valence-corrected chi connectivity index (χ4v) is 2.75. The van der Waals surface area contributed by atoms with Crippen molar-refractivity contribution in [3.05, 3.63) is 28.2 Å². The summed E-state index contributed by atoms with van der Waals surface area (Å²) in [6, 6.07) is 6.35. The van der Waals surface area contributed by atoms with E-state index in [1.165, 1.54) is 5.56 Å². The standard InChI is InChI=1S/C15H22Br2O/c1-5-9-18-13-8-7-11(10-12(13)16)14(17)15(3,4)6-2/h7-8,10,14H,5-6,9H2,1-4H3. The summed E-state index contributed by atoms with van der Waals surface area (Å²) < 4.78 is 6.70. The SMILES string of the molecule is CCCOc1ccc(C(Br)C(C)(C)CC)cc1Br. The second kappa shape index (κ2) is 6.95. The van der Waals surface area contributed by atoms with E-state index in [1.54, 1.807) is 0 Å². The maximum Gasteiger partial charge on any atom is 0.133 e. The Hall–Kier alpha value is -0.0200. The molecule has 0 aliphatic heterocycles. The maximum absolute atomic E-state index is 5.67. The van der Waals surface area contributed by atoms with Crippen molar-refractivity contribution in [2.45, 2.75) is 45.4 Å². The Morgan fingerprint density at radius 1 is 1.28 bits per heavy atom. The first-order valence-electron chi connectivity index (χ1n) is 6.48. The Morgan fingerprint density at radius 2 is 1.94 bits per heavy atom. The Balaban J connectivity index is 2.90. The molecule has 3 heteroatoms. The van der Waals surface area contributed by atoms with Crippen LogP contribution < -0.4 is 4.74 Å². The van der Waals surface area contributed by atoms with Gasteiger partial charge >= 0.3 is 0 Å². The molecule has 0 amide bonds. The molecular formula is C15H22Br2O. The highest BCUT2D eigenvalue weighted by Gasteiger charge is 2.27. The predicted octanol–water partition coefficient (Wildman–Crippen LogP) is 6.11. The molecule has 0 heterocycles. The summed E-state index contributed by atoms with van der Waals surface area (Å²) in [6.07, 6.45) is 2.16. The zero-order chi connectivity index (χ0) is 13.8. The lowest BCUT2D eigenvalue weighted by atomic mass is 9.83. The van der Waals surface area contributed by atoms with Crippen LogP contribution in [0.2, 0.25) is 0 Å². The van der Waals surface area contributed by atoms with E-state index in [4.69, 9.17) is 4.74 Å². The van der Waals surface area contributed by atoms with Crippen molar-refractivity contribution in [1.82, 2.24) is 0 Å². The van der Waals surface area contributed by atoms with E-state index >= 15 is 0 Å². The van der Waals surface area contributed by atoms with Crippen LogP contribution in [0.1, 0.15) is 50.9 Å². The molecule has 1 rings (SSSR count). The highest BCUT2D eigenvalue weighted by Crippen LogP contribution is 2.44. The molecule has 0 aliphatic rings. The number of halogens is 2. The molecule has 18 heavy (non-hydrogen) atoms. The van der Waals surface area contributed by atoms with Crippen molar-refractivity contribution >= 4 is 31.9 Å². The van der Waals surface area contributed by atoms with Gasteiger partial charge in [0.2, 0.25) is 0 Å². The number of ether oxygens (including phenoxy) is 1. The minimum absolute atomic E-state index is 0.241. The molecule has 0 spiro atoms. The number of rotatable bonds is 6. The Bertz CT molecular complexity index is 388. The smallest absolute Gasteiger partial charge is 0.133 e. The van der Waals surface area contributed by atoms with Gasteiger partial charge in [-0.15, -0.1) is 0 Å². The van der Waals surface area contributed by atoms with Crippen molar-refractivity contribution in [3.8, 4) is 5.75 Å². The molecule has 1 atom stereocenters. The monoisotopic (exact) mass is 376 g/mol. The molecule has 0 fully saturated rings. The summed E-state index contributed by atoms with van der Waals surface area (Å²) in [5.41, 5.74) is 1.53. The third kappa shape index (κ3) is 3.99. The van der Waals surface area contributed by atoms with Crippen LogP contribution in [-0.2, 0) is 0 Å². The van der Waals surface area contributed by atoms with Gasteiger partial charge in [0.1, 0.15) is 5.75 Å². The van der Waals surface area contributed by atoms with Gasteiger partial charge in [-0.25, -0.2) is 0 Å². The normalized spacial score (nSPS) is 13.4. The first kappa shape index (κ1) is 16.0. The molecule has 0 radical (unpaired) electrons. The van der Waals surface area contributed by atoms with Crippen molar-refractivity contribution in [3.63, 3.8) is 0 Å². The fourth-order valence-electron chi connectivity index (χ4n) is 1.63. The van der Waals surface area contributed by atoms with E-state index in [0.29, 0.717) is 4.83 Å². The van der Waals surface area contributed by atoms with Gasteiger partial charge in [-0.05, 0) is 51.9 Å². The summed E-state index contributed by atoms with van der Waals surface area (Å²) in [4.78, 5) is 0.353. The zero-order valence-electron chi connectivity index (χ0n) is 11.6. The van der Waals surface area contributed by atoms with Gasteiger partial charge < -0.3 is 4.74 Å². The lowest BCUT2D eigenvalue weighted by Crippen LogP contribution is -2.16. The molecule has 1 unspecified atom stereocenters. The molecule has 1 aromatic carbocycles. The van der Waals surface area contributed by atoms with Gasteiger partial charge in [-0.3, -0.25) is 0 Å². The second-order valence-electron chi connectivity index (χ2n) is 5.24. The molecule has 102 valence electrons. The van der Waals surface area contributed by atoms with Crippen molar-refractivity contribution in [2.75, 3.05) is 6.61 Å². The topological polar surface area (TPSA) is 9.23 Å². The largest absolute Gasteiger partial charge is 0.492 e. The lowest BCUT2D eigenvalue weighted by molar-refractivity contribution is 0.314. The minimum Gasteiger partial charge on any atom is -0.492 e. The van der Waals surface area contributed by atoms with Gasteiger partial charge in [0.15, 0.2) is 0 Å². The summed E-state index contributed by atoms with van der Waals surface area (Å²) in [6.45, 7) is 9.66. The number of alkyl halides is 1. The first-order chi connectivity index (χ1) is 8.42. The summed E-state index contributed by atoms with van der Waals surface area (Å²) in [7, 11) is 0. The van der Waals surface area contributed by atoms with Crippen LogP contribution in [0.3, 0.4) is 0 Å². The van der Waals surface area contributed by atoms with Crippen molar-refractivity contribution in [2.24, 2.45) is 5.41 Å². The minimum atomic E-state index is 0.241. The van der Waals surface area contributed by atoms with Crippen LogP contribution in [0.25, 0.3) is 0 Å². The van der Waals surface area contributed by atoms with Gasteiger partial charge in [0, 0.05) is 4.83 Å². The van der Waals surface area contributed by atoms with E-state index < -0.39 is 0 Å². The van der Waals surface area contributed by atoms with E-state index in [0.717, 1.165) is 29.7 Å². The average Bonchev–Trinajstić information content (AvgIpc) is 2.36. The summed E-state index contributed by atoms with van der Waals surface area (Å²) in [5.74, 6) is 0.926. The predicted molar refractivity (Wildman–Crippen MR) is 85.7 cm³/mol. The van der Waals surface area contributed by atoms with Gasteiger partial charge in [0.25, 0.3) is 0 Å². The molecular weight excluding hydrogens is 356 g/mol. The van der Waals surface area contributed by atoms with E-state index in [-0.39, 0.29) is 5.41 Å². The lowest BCUT2D eigenvalue weighted by Gasteiger charge is -2.29. The van der Waals surface area contributed by atoms with Crippen LogP contribution >= 0.6 is 31.9 Å². The summed E-state index contributed by atoms with van der Waals surface area (Å²) >= 11 is 7.41.